The highest BCUT2D eigenvalue weighted by Gasteiger charge is 2.17. The number of rotatable bonds is 5. The number of ether oxygens (including phenoxy) is 1. The van der Waals surface area contributed by atoms with Crippen LogP contribution >= 0.6 is 0 Å². The maximum Gasteiger partial charge on any atom is 0.270 e. The summed E-state index contributed by atoms with van der Waals surface area (Å²) in [6, 6.07) is 3.60. The number of carbonyl (C=O) groups excluding carboxylic acids is 1. The molecule has 0 aromatic carbocycles. The van der Waals surface area contributed by atoms with E-state index in [1.54, 1.807) is 36.8 Å². The van der Waals surface area contributed by atoms with Crippen LogP contribution in [0.25, 0.3) is 5.65 Å². The Morgan fingerprint density at radius 2 is 2.37 bits per heavy atom. The van der Waals surface area contributed by atoms with Crippen LogP contribution in [0.15, 0.2) is 18.3 Å². The first-order valence-corrected chi connectivity index (χ1v) is 6.09. The van der Waals surface area contributed by atoms with Gasteiger partial charge in [0, 0.05) is 19.3 Å². The molecule has 0 saturated heterocycles. The zero-order chi connectivity index (χ0) is 13.8. The third-order valence-electron chi connectivity index (χ3n) is 2.84. The first-order valence-electron chi connectivity index (χ1n) is 6.09. The number of aliphatic hydroxyl groups is 1. The number of pyridine rings is 1. The van der Waals surface area contributed by atoms with Crippen LogP contribution in [0.4, 0.5) is 0 Å². The van der Waals surface area contributed by atoms with Crippen LogP contribution in [0.5, 0.6) is 5.75 Å². The van der Waals surface area contributed by atoms with E-state index in [4.69, 9.17) is 9.84 Å². The molecule has 2 aromatic rings. The molecule has 0 unspecified atom stereocenters. The largest absolute Gasteiger partial charge is 0.493 e. The number of hydrogen-bond donors (Lipinski definition) is 2. The molecule has 0 radical (unpaired) electrons. The van der Waals surface area contributed by atoms with Gasteiger partial charge < -0.3 is 15.2 Å². The van der Waals surface area contributed by atoms with Gasteiger partial charge in [-0.15, -0.1) is 0 Å². The van der Waals surface area contributed by atoms with E-state index in [0.29, 0.717) is 35.8 Å². The van der Waals surface area contributed by atoms with Gasteiger partial charge in [0.15, 0.2) is 11.4 Å². The van der Waals surface area contributed by atoms with E-state index in [2.05, 4.69) is 10.3 Å². The predicted molar refractivity (Wildman–Crippen MR) is 70.5 cm³/mol. The SMILES string of the molecule is COc1cccn2c(C(=O)NCCCO)c(C)nc12. The van der Waals surface area contributed by atoms with Crippen LogP contribution in [0.2, 0.25) is 0 Å². The molecule has 2 rings (SSSR count). The number of imidazole rings is 1. The number of fused-ring (bicyclic) bond motifs is 1. The maximum atomic E-state index is 12.1. The highest BCUT2D eigenvalue weighted by atomic mass is 16.5. The summed E-state index contributed by atoms with van der Waals surface area (Å²) in [7, 11) is 1.57. The smallest absolute Gasteiger partial charge is 0.270 e. The van der Waals surface area contributed by atoms with Gasteiger partial charge in [0.05, 0.1) is 12.8 Å². The second-order valence-corrected chi connectivity index (χ2v) is 4.15. The molecule has 0 saturated carbocycles. The molecular formula is C13H17N3O3. The molecule has 0 aliphatic rings. The third kappa shape index (κ3) is 2.53. The predicted octanol–water partition coefficient (Wildman–Crippen LogP) is 0.764. The van der Waals surface area contributed by atoms with Crippen LogP contribution < -0.4 is 10.1 Å². The number of aliphatic hydroxyl groups excluding tert-OH is 1. The number of carbonyl (C=O) groups is 1. The third-order valence-corrected chi connectivity index (χ3v) is 2.84. The number of hydrogen-bond acceptors (Lipinski definition) is 4. The summed E-state index contributed by atoms with van der Waals surface area (Å²) in [5.74, 6) is 0.423. The average molecular weight is 263 g/mol. The van der Waals surface area contributed by atoms with E-state index >= 15 is 0 Å². The lowest BCUT2D eigenvalue weighted by Gasteiger charge is -2.06. The minimum absolute atomic E-state index is 0.0558. The summed E-state index contributed by atoms with van der Waals surface area (Å²) in [5, 5.41) is 11.5. The van der Waals surface area contributed by atoms with Crippen molar-refractivity contribution >= 4 is 11.6 Å². The lowest BCUT2D eigenvalue weighted by Crippen LogP contribution is -2.26. The van der Waals surface area contributed by atoms with Gasteiger partial charge >= 0.3 is 0 Å². The molecule has 0 fully saturated rings. The van der Waals surface area contributed by atoms with Crippen LogP contribution in [-0.2, 0) is 0 Å². The van der Waals surface area contributed by atoms with Gasteiger partial charge in [-0.2, -0.15) is 0 Å². The van der Waals surface area contributed by atoms with Crippen molar-refractivity contribution in [2.24, 2.45) is 0 Å². The van der Waals surface area contributed by atoms with E-state index in [1.165, 1.54) is 0 Å². The van der Waals surface area contributed by atoms with Crippen molar-refractivity contribution in [3.63, 3.8) is 0 Å². The fourth-order valence-electron chi connectivity index (χ4n) is 1.95. The molecule has 6 heteroatoms. The fourth-order valence-corrected chi connectivity index (χ4v) is 1.95. The molecule has 0 aliphatic carbocycles. The van der Waals surface area contributed by atoms with Crippen molar-refractivity contribution in [1.82, 2.24) is 14.7 Å². The molecule has 2 heterocycles. The molecule has 1 amide bonds. The highest BCUT2D eigenvalue weighted by Crippen LogP contribution is 2.21. The fraction of sp³-hybridized carbons (Fsp3) is 0.385. The summed E-state index contributed by atoms with van der Waals surface area (Å²) in [6.45, 7) is 2.28. The Morgan fingerprint density at radius 3 is 3.05 bits per heavy atom. The van der Waals surface area contributed by atoms with Gasteiger partial charge in [0.1, 0.15) is 5.69 Å². The minimum Gasteiger partial charge on any atom is -0.493 e. The molecule has 0 atom stereocenters. The number of aryl methyl sites for hydroxylation is 1. The summed E-state index contributed by atoms with van der Waals surface area (Å²) in [6.07, 6.45) is 2.31. The van der Waals surface area contributed by atoms with E-state index in [9.17, 15) is 4.79 Å². The van der Waals surface area contributed by atoms with Crippen molar-refractivity contribution in [2.45, 2.75) is 13.3 Å². The Hall–Kier alpha value is -2.08. The van der Waals surface area contributed by atoms with Gasteiger partial charge in [0.2, 0.25) is 0 Å². The van der Waals surface area contributed by atoms with Crippen LogP contribution in [0, 0.1) is 6.92 Å². The van der Waals surface area contributed by atoms with Crippen molar-refractivity contribution in [1.29, 1.82) is 0 Å². The van der Waals surface area contributed by atoms with Crippen molar-refractivity contribution < 1.29 is 14.6 Å². The Balaban J connectivity index is 2.37. The minimum atomic E-state index is -0.202. The summed E-state index contributed by atoms with van der Waals surface area (Å²) in [5.41, 5.74) is 1.76. The molecule has 0 bridgehead atoms. The molecule has 0 spiro atoms. The lowest BCUT2D eigenvalue weighted by molar-refractivity contribution is 0.0944. The second-order valence-electron chi connectivity index (χ2n) is 4.15. The molecule has 0 aliphatic heterocycles. The second kappa shape index (κ2) is 5.71. The van der Waals surface area contributed by atoms with E-state index in [1.807, 2.05) is 0 Å². The van der Waals surface area contributed by atoms with Crippen molar-refractivity contribution in [3.05, 3.63) is 29.7 Å². The molecule has 102 valence electrons. The van der Waals surface area contributed by atoms with Crippen LogP contribution in [0.1, 0.15) is 22.6 Å². The lowest BCUT2D eigenvalue weighted by atomic mass is 10.3. The summed E-state index contributed by atoms with van der Waals surface area (Å²) < 4.78 is 6.94. The van der Waals surface area contributed by atoms with Gasteiger partial charge in [-0.1, -0.05) is 0 Å². The molecular weight excluding hydrogens is 246 g/mol. The monoisotopic (exact) mass is 263 g/mol. The number of amides is 1. The Labute approximate surface area is 111 Å². The quantitative estimate of drug-likeness (QED) is 0.781. The number of nitrogens with one attached hydrogen (secondary N) is 1. The normalized spacial score (nSPS) is 10.7. The van der Waals surface area contributed by atoms with Gasteiger partial charge in [-0.3, -0.25) is 9.20 Å². The van der Waals surface area contributed by atoms with Crippen molar-refractivity contribution in [2.75, 3.05) is 20.3 Å². The topological polar surface area (TPSA) is 75.9 Å². The Bertz CT molecular complexity index is 592. The first kappa shape index (κ1) is 13.4. The van der Waals surface area contributed by atoms with Gasteiger partial charge in [0.25, 0.3) is 5.91 Å². The van der Waals surface area contributed by atoms with E-state index in [0.717, 1.165) is 0 Å². The number of aromatic nitrogens is 2. The van der Waals surface area contributed by atoms with Gasteiger partial charge in [-0.25, -0.2) is 4.98 Å². The summed E-state index contributed by atoms with van der Waals surface area (Å²) in [4.78, 5) is 16.5. The maximum absolute atomic E-state index is 12.1. The zero-order valence-corrected chi connectivity index (χ0v) is 11.0. The standard InChI is InChI=1S/C13H17N3O3/c1-9-11(13(18)14-6-4-8-17)16-7-3-5-10(19-2)12(16)15-9/h3,5,7,17H,4,6,8H2,1-2H3,(H,14,18). The van der Waals surface area contributed by atoms with E-state index < -0.39 is 0 Å². The van der Waals surface area contributed by atoms with Crippen molar-refractivity contribution in [3.8, 4) is 5.75 Å². The van der Waals surface area contributed by atoms with Crippen LogP contribution in [-0.4, -0.2) is 40.7 Å². The molecule has 6 nitrogen and oxygen atoms in total. The van der Waals surface area contributed by atoms with Crippen LogP contribution in [0.3, 0.4) is 0 Å². The number of methoxy groups -OCH3 is 1. The zero-order valence-electron chi connectivity index (χ0n) is 11.0. The molecule has 2 aromatic heterocycles. The van der Waals surface area contributed by atoms with E-state index in [-0.39, 0.29) is 12.5 Å². The Morgan fingerprint density at radius 1 is 1.58 bits per heavy atom. The average Bonchev–Trinajstić information content (AvgIpc) is 2.74. The summed E-state index contributed by atoms with van der Waals surface area (Å²) >= 11 is 0. The highest BCUT2D eigenvalue weighted by molar-refractivity contribution is 5.94. The Kier molecular flexibility index (Phi) is 4.01. The number of nitrogens with zero attached hydrogens (tertiary/aromatic N) is 2. The molecule has 2 N–H and O–H groups in total. The van der Waals surface area contributed by atoms with Gasteiger partial charge in [-0.05, 0) is 25.5 Å². The molecule has 19 heavy (non-hydrogen) atoms. The first-order chi connectivity index (χ1) is 9.19.